The van der Waals surface area contributed by atoms with Crippen molar-refractivity contribution in [3.8, 4) is 12.3 Å². The molecule has 1 atom stereocenters. The minimum atomic E-state index is -4.42. The lowest BCUT2D eigenvalue weighted by molar-refractivity contribution is -0.137. The van der Waals surface area contributed by atoms with E-state index in [0.29, 0.717) is 5.56 Å². The van der Waals surface area contributed by atoms with Gasteiger partial charge in [-0.3, -0.25) is 0 Å². The van der Waals surface area contributed by atoms with Crippen molar-refractivity contribution in [2.45, 2.75) is 19.2 Å². The number of hydrogen-bond acceptors (Lipinski definition) is 1. The van der Waals surface area contributed by atoms with Gasteiger partial charge in [0, 0.05) is 0 Å². The number of rotatable bonds is 1. The van der Waals surface area contributed by atoms with Crippen molar-refractivity contribution in [2.24, 2.45) is 0 Å². The van der Waals surface area contributed by atoms with Crippen LogP contribution in [0.25, 0.3) is 0 Å². The van der Waals surface area contributed by atoms with Crippen molar-refractivity contribution in [2.75, 3.05) is 0 Å². The SMILES string of the molecule is C#CC(O)c1cc(C)cc(C(F)(F)F)c1. The van der Waals surface area contributed by atoms with Crippen molar-refractivity contribution in [3.63, 3.8) is 0 Å². The molecule has 0 amide bonds. The van der Waals surface area contributed by atoms with Crippen molar-refractivity contribution in [1.29, 1.82) is 0 Å². The highest BCUT2D eigenvalue weighted by molar-refractivity contribution is 5.34. The van der Waals surface area contributed by atoms with E-state index < -0.39 is 17.8 Å². The van der Waals surface area contributed by atoms with Gasteiger partial charge < -0.3 is 5.11 Å². The molecule has 0 radical (unpaired) electrons. The number of alkyl halides is 3. The normalized spacial score (nSPS) is 13.3. The molecule has 1 N–H and O–H groups in total. The molecule has 0 bridgehead atoms. The minimum absolute atomic E-state index is 0.0878. The molecule has 1 nitrogen and oxygen atoms in total. The molecule has 0 saturated carbocycles. The monoisotopic (exact) mass is 214 g/mol. The van der Waals surface area contributed by atoms with E-state index in [1.807, 2.05) is 5.92 Å². The molecule has 15 heavy (non-hydrogen) atoms. The first kappa shape index (κ1) is 11.6. The molecule has 1 rings (SSSR count). The van der Waals surface area contributed by atoms with Crippen LogP contribution in [0.5, 0.6) is 0 Å². The molecule has 0 aliphatic heterocycles. The molecule has 0 spiro atoms. The summed E-state index contributed by atoms with van der Waals surface area (Å²) in [6.07, 6.45) is -0.790. The van der Waals surface area contributed by atoms with E-state index in [1.54, 1.807) is 0 Å². The molecule has 0 heterocycles. The average molecular weight is 214 g/mol. The van der Waals surface area contributed by atoms with E-state index in [0.717, 1.165) is 12.1 Å². The second-order valence-corrected chi connectivity index (χ2v) is 3.20. The highest BCUT2D eigenvalue weighted by Crippen LogP contribution is 2.31. The third-order valence-corrected chi connectivity index (χ3v) is 1.90. The Kier molecular flexibility index (Phi) is 3.06. The van der Waals surface area contributed by atoms with Crippen LogP contribution in [0.15, 0.2) is 18.2 Å². The maximum atomic E-state index is 12.4. The van der Waals surface area contributed by atoms with E-state index >= 15 is 0 Å². The van der Waals surface area contributed by atoms with Crippen LogP contribution in [-0.2, 0) is 6.18 Å². The van der Waals surface area contributed by atoms with Crippen molar-refractivity contribution < 1.29 is 18.3 Å². The van der Waals surface area contributed by atoms with Crippen LogP contribution in [0.1, 0.15) is 22.8 Å². The van der Waals surface area contributed by atoms with Crippen LogP contribution < -0.4 is 0 Å². The molecule has 0 fully saturated rings. The third-order valence-electron chi connectivity index (χ3n) is 1.90. The Morgan fingerprint density at radius 1 is 1.33 bits per heavy atom. The number of halogens is 3. The quantitative estimate of drug-likeness (QED) is 0.712. The Bertz CT molecular complexity index is 401. The lowest BCUT2D eigenvalue weighted by Crippen LogP contribution is -2.07. The standard InChI is InChI=1S/C11H9F3O/c1-3-10(15)8-4-7(2)5-9(6-8)11(12,13)14/h1,4-6,10,15H,2H3. The molecule has 0 aliphatic carbocycles. The van der Waals surface area contributed by atoms with Gasteiger partial charge in [-0.15, -0.1) is 6.42 Å². The Morgan fingerprint density at radius 2 is 1.93 bits per heavy atom. The summed E-state index contributed by atoms with van der Waals surface area (Å²) in [6, 6.07) is 3.30. The number of hydrogen-bond donors (Lipinski definition) is 1. The highest BCUT2D eigenvalue weighted by Gasteiger charge is 2.31. The molecule has 1 aromatic carbocycles. The van der Waals surface area contributed by atoms with Gasteiger partial charge in [0.25, 0.3) is 0 Å². The van der Waals surface area contributed by atoms with Gasteiger partial charge in [0.2, 0.25) is 0 Å². The topological polar surface area (TPSA) is 20.2 Å². The van der Waals surface area contributed by atoms with Crippen LogP contribution in [-0.4, -0.2) is 5.11 Å². The molecular weight excluding hydrogens is 205 g/mol. The minimum Gasteiger partial charge on any atom is -0.376 e. The lowest BCUT2D eigenvalue weighted by atomic mass is 10.0. The predicted octanol–water partition coefficient (Wildman–Crippen LogP) is 2.68. The van der Waals surface area contributed by atoms with E-state index in [9.17, 15) is 18.3 Å². The average Bonchev–Trinajstić information content (AvgIpc) is 2.14. The fraction of sp³-hybridized carbons (Fsp3) is 0.273. The van der Waals surface area contributed by atoms with Gasteiger partial charge in [-0.05, 0) is 24.6 Å². The van der Waals surface area contributed by atoms with Crippen molar-refractivity contribution >= 4 is 0 Å². The van der Waals surface area contributed by atoms with Gasteiger partial charge in [-0.25, -0.2) is 0 Å². The van der Waals surface area contributed by atoms with Crippen LogP contribution in [0.2, 0.25) is 0 Å². The fourth-order valence-electron chi connectivity index (χ4n) is 1.23. The third kappa shape index (κ3) is 2.74. The summed E-state index contributed by atoms with van der Waals surface area (Å²) in [5, 5.41) is 9.24. The van der Waals surface area contributed by atoms with E-state index in [-0.39, 0.29) is 5.56 Å². The Balaban J connectivity index is 3.24. The largest absolute Gasteiger partial charge is 0.416 e. The van der Waals surface area contributed by atoms with Crippen molar-refractivity contribution in [1.82, 2.24) is 0 Å². The van der Waals surface area contributed by atoms with E-state index in [2.05, 4.69) is 0 Å². The Hall–Kier alpha value is -1.47. The highest BCUT2D eigenvalue weighted by atomic mass is 19.4. The number of aliphatic hydroxyl groups is 1. The summed E-state index contributed by atoms with van der Waals surface area (Å²) in [5.41, 5.74) is -0.300. The zero-order valence-electron chi connectivity index (χ0n) is 7.97. The first-order chi connectivity index (χ1) is 6.84. The summed E-state index contributed by atoms with van der Waals surface area (Å²) >= 11 is 0. The summed E-state index contributed by atoms with van der Waals surface area (Å²) < 4.78 is 37.1. The summed E-state index contributed by atoms with van der Waals surface area (Å²) in [6.45, 7) is 1.52. The smallest absolute Gasteiger partial charge is 0.376 e. The predicted molar refractivity (Wildman–Crippen MR) is 50.0 cm³/mol. The molecular formula is C11H9F3O. The zero-order valence-corrected chi connectivity index (χ0v) is 7.97. The van der Waals surface area contributed by atoms with Crippen molar-refractivity contribution in [3.05, 3.63) is 34.9 Å². The molecule has 0 aromatic heterocycles. The van der Waals surface area contributed by atoms with E-state index in [4.69, 9.17) is 6.42 Å². The number of benzene rings is 1. The Morgan fingerprint density at radius 3 is 2.40 bits per heavy atom. The van der Waals surface area contributed by atoms with Gasteiger partial charge in [0.1, 0.15) is 6.10 Å². The van der Waals surface area contributed by atoms with Gasteiger partial charge >= 0.3 is 6.18 Å². The lowest BCUT2D eigenvalue weighted by Gasteiger charge is -2.11. The second kappa shape index (κ2) is 3.95. The number of terminal acetylenes is 1. The number of aliphatic hydroxyl groups excluding tert-OH is 1. The molecule has 0 aliphatic rings. The number of aryl methyl sites for hydroxylation is 1. The van der Waals surface area contributed by atoms with Gasteiger partial charge in [-0.1, -0.05) is 17.6 Å². The molecule has 4 heteroatoms. The second-order valence-electron chi connectivity index (χ2n) is 3.20. The summed E-state index contributed by atoms with van der Waals surface area (Å²) in [4.78, 5) is 0. The maximum Gasteiger partial charge on any atom is 0.416 e. The first-order valence-corrected chi connectivity index (χ1v) is 4.17. The Labute approximate surface area is 85.5 Å². The van der Waals surface area contributed by atoms with Crippen LogP contribution >= 0.6 is 0 Å². The first-order valence-electron chi connectivity index (χ1n) is 4.17. The molecule has 1 unspecified atom stereocenters. The van der Waals surface area contributed by atoms with Crippen LogP contribution in [0.4, 0.5) is 13.2 Å². The molecule has 80 valence electrons. The van der Waals surface area contributed by atoms with Gasteiger partial charge in [0.05, 0.1) is 5.56 Å². The molecule has 1 aromatic rings. The van der Waals surface area contributed by atoms with Gasteiger partial charge in [0.15, 0.2) is 0 Å². The summed E-state index contributed by atoms with van der Waals surface area (Å²) in [7, 11) is 0. The summed E-state index contributed by atoms with van der Waals surface area (Å²) in [5.74, 6) is 1.98. The zero-order chi connectivity index (χ0) is 11.6. The van der Waals surface area contributed by atoms with E-state index in [1.165, 1.54) is 13.0 Å². The van der Waals surface area contributed by atoms with Crippen LogP contribution in [0.3, 0.4) is 0 Å². The molecule has 0 saturated heterocycles. The fourth-order valence-corrected chi connectivity index (χ4v) is 1.23. The van der Waals surface area contributed by atoms with Crippen LogP contribution in [0, 0.1) is 19.3 Å². The van der Waals surface area contributed by atoms with Gasteiger partial charge in [-0.2, -0.15) is 13.2 Å². The maximum absolute atomic E-state index is 12.4.